The molecule has 33 heavy (non-hydrogen) atoms. The fraction of sp³-hybridized carbons (Fsp3) is 0.136. The molecule has 0 bridgehead atoms. The second-order valence-electron chi connectivity index (χ2n) is 7.31. The Morgan fingerprint density at radius 3 is 2.58 bits per heavy atom. The van der Waals surface area contributed by atoms with E-state index in [-0.39, 0.29) is 17.2 Å². The molecule has 0 saturated carbocycles. The topological polar surface area (TPSA) is 105 Å². The van der Waals surface area contributed by atoms with E-state index in [4.69, 9.17) is 10.2 Å². The molecule has 5 rings (SSSR count). The van der Waals surface area contributed by atoms with Gasteiger partial charge in [-0.15, -0.1) is 8.78 Å². The third-order valence-electron chi connectivity index (χ3n) is 5.01. The number of aryl methyl sites for hydroxylation is 2. The summed E-state index contributed by atoms with van der Waals surface area (Å²) in [4.78, 5) is 20.4. The molecule has 1 aliphatic rings. The van der Waals surface area contributed by atoms with Gasteiger partial charge < -0.3 is 24.2 Å². The van der Waals surface area contributed by atoms with Crippen molar-refractivity contribution in [3.8, 4) is 39.8 Å². The lowest BCUT2D eigenvalue weighted by molar-refractivity contribution is -0.286. The Kier molecular flexibility index (Phi) is 4.74. The number of hydrogen-bond acceptors (Lipinski definition) is 6. The largest absolute Gasteiger partial charge is 0.586 e. The Morgan fingerprint density at radius 2 is 1.85 bits per heavy atom. The minimum absolute atomic E-state index is 0.0716. The molecule has 3 heterocycles. The summed E-state index contributed by atoms with van der Waals surface area (Å²) in [6.45, 7) is 3.42. The Balaban J connectivity index is 1.68. The van der Waals surface area contributed by atoms with Gasteiger partial charge in [0, 0.05) is 28.7 Å². The zero-order valence-corrected chi connectivity index (χ0v) is 18.8. The first kappa shape index (κ1) is 21.1. The number of alkyl halides is 2. The maximum Gasteiger partial charge on any atom is 0.586 e. The highest BCUT2D eigenvalue weighted by Crippen LogP contribution is 2.45. The molecule has 2 aromatic heterocycles. The van der Waals surface area contributed by atoms with E-state index in [2.05, 4.69) is 35.4 Å². The van der Waals surface area contributed by atoms with Crippen LogP contribution < -0.4 is 15.2 Å². The fourth-order valence-corrected chi connectivity index (χ4v) is 4.00. The number of carbonyl (C=O) groups excluding carboxylic acids is 1. The third-order valence-corrected chi connectivity index (χ3v) is 5.50. The molecule has 0 fully saturated rings. The maximum atomic E-state index is 13.5. The highest BCUT2D eigenvalue weighted by molar-refractivity contribution is 9.10. The third kappa shape index (κ3) is 3.74. The maximum absolute atomic E-state index is 13.5. The van der Waals surface area contributed by atoms with E-state index in [0.717, 1.165) is 4.47 Å². The Hall–Kier alpha value is -3.73. The number of halogens is 3. The molecule has 0 radical (unpaired) electrons. The highest BCUT2D eigenvalue weighted by Gasteiger charge is 2.43. The summed E-state index contributed by atoms with van der Waals surface area (Å²) in [7, 11) is 0. The molecule has 0 saturated heterocycles. The van der Waals surface area contributed by atoms with Crippen LogP contribution >= 0.6 is 15.9 Å². The quantitative estimate of drug-likeness (QED) is 0.409. The van der Waals surface area contributed by atoms with Crippen LogP contribution in [0.3, 0.4) is 0 Å². The molecule has 1 aliphatic heterocycles. The zero-order chi connectivity index (χ0) is 23.5. The normalized spacial score (nSPS) is 14.0. The number of fused-ring (bicyclic) bond motifs is 1. The van der Waals surface area contributed by atoms with Gasteiger partial charge >= 0.3 is 6.29 Å². The molecule has 2 aromatic carbocycles. The molecule has 0 aliphatic carbocycles. The van der Waals surface area contributed by atoms with Crippen LogP contribution in [0, 0.1) is 13.8 Å². The molecule has 11 heteroatoms. The number of ether oxygens (including phenoxy) is 2. The first-order chi connectivity index (χ1) is 15.6. The van der Waals surface area contributed by atoms with Gasteiger partial charge in [-0.3, -0.25) is 4.79 Å². The van der Waals surface area contributed by atoms with Crippen LogP contribution in [-0.2, 0) is 0 Å². The van der Waals surface area contributed by atoms with Crippen LogP contribution in [0.15, 0.2) is 51.5 Å². The van der Waals surface area contributed by atoms with Crippen molar-refractivity contribution in [1.29, 1.82) is 0 Å². The second kappa shape index (κ2) is 7.41. The predicted octanol–water partition coefficient (Wildman–Crippen LogP) is 4.99. The lowest BCUT2D eigenvalue weighted by Crippen LogP contribution is -2.25. The summed E-state index contributed by atoms with van der Waals surface area (Å²) >= 11 is 3.48. The summed E-state index contributed by atoms with van der Waals surface area (Å²) < 4.78 is 44.4. The van der Waals surface area contributed by atoms with Crippen molar-refractivity contribution in [3.63, 3.8) is 0 Å². The van der Waals surface area contributed by atoms with Gasteiger partial charge in [0.2, 0.25) is 0 Å². The van der Waals surface area contributed by atoms with E-state index in [1.54, 1.807) is 30.7 Å². The van der Waals surface area contributed by atoms with Crippen molar-refractivity contribution in [2.75, 3.05) is 0 Å². The standard InChI is InChI=1S/C22H15BrF2N4O4/c1-10-27-15(21(26)30)9-29(10)16-5-4-13(23)8-14(16)19-20(31-11(2)28-19)12-3-6-17-18(7-12)33-22(24,25)32-17/h3-9H,1-2H3,(H2,26,30). The van der Waals surface area contributed by atoms with E-state index < -0.39 is 12.2 Å². The van der Waals surface area contributed by atoms with Gasteiger partial charge in [0.15, 0.2) is 23.1 Å². The SMILES string of the molecule is Cc1nc(-c2cc(Br)ccc2-n2cc(C(N)=O)nc2C)c(-c2ccc3c(c2)OC(F)(F)O3)o1. The summed E-state index contributed by atoms with van der Waals surface area (Å²) in [5, 5.41) is 0. The monoisotopic (exact) mass is 516 g/mol. The summed E-state index contributed by atoms with van der Waals surface area (Å²) in [6, 6.07) is 9.86. The molecule has 2 N–H and O–H groups in total. The van der Waals surface area contributed by atoms with Crippen molar-refractivity contribution in [1.82, 2.24) is 14.5 Å². The van der Waals surface area contributed by atoms with E-state index >= 15 is 0 Å². The van der Waals surface area contributed by atoms with Crippen molar-refractivity contribution >= 4 is 21.8 Å². The van der Waals surface area contributed by atoms with E-state index in [0.29, 0.717) is 40.0 Å². The number of amides is 1. The second-order valence-corrected chi connectivity index (χ2v) is 8.22. The average Bonchev–Trinajstić information content (AvgIpc) is 3.40. The van der Waals surface area contributed by atoms with Crippen molar-refractivity contribution < 1.29 is 27.5 Å². The Morgan fingerprint density at radius 1 is 1.09 bits per heavy atom. The first-order valence-corrected chi connectivity index (χ1v) is 10.4. The van der Waals surface area contributed by atoms with Crippen molar-refractivity contribution in [3.05, 3.63) is 64.5 Å². The van der Waals surface area contributed by atoms with Gasteiger partial charge in [-0.2, -0.15) is 0 Å². The highest BCUT2D eigenvalue weighted by atomic mass is 79.9. The summed E-state index contributed by atoms with van der Waals surface area (Å²) in [5.41, 5.74) is 7.75. The number of benzene rings is 2. The molecular weight excluding hydrogens is 502 g/mol. The average molecular weight is 517 g/mol. The van der Waals surface area contributed by atoms with Crippen LogP contribution in [0.2, 0.25) is 0 Å². The fourth-order valence-electron chi connectivity index (χ4n) is 3.64. The minimum Gasteiger partial charge on any atom is -0.440 e. The van der Waals surface area contributed by atoms with Crippen LogP contribution in [0.5, 0.6) is 11.5 Å². The molecule has 168 valence electrons. The number of nitrogens with two attached hydrogens (primary N) is 1. The molecule has 0 spiro atoms. The number of rotatable bonds is 4. The molecule has 1 amide bonds. The number of oxazole rings is 1. The Bertz CT molecular complexity index is 1430. The van der Waals surface area contributed by atoms with Gasteiger partial charge in [0.25, 0.3) is 5.91 Å². The van der Waals surface area contributed by atoms with E-state index in [1.807, 2.05) is 18.2 Å². The predicted molar refractivity (Wildman–Crippen MR) is 116 cm³/mol. The van der Waals surface area contributed by atoms with Crippen LogP contribution in [0.25, 0.3) is 28.3 Å². The summed E-state index contributed by atoms with van der Waals surface area (Å²) in [6.07, 6.45) is -2.19. The van der Waals surface area contributed by atoms with Gasteiger partial charge in [0.1, 0.15) is 17.2 Å². The summed E-state index contributed by atoms with van der Waals surface area (Å²) in [5.74, 6) is 0.432. The van der Waals surface area contributed by atoms with E-state index in [9.17, 15) is 13.6 Å². The molecule has 8 nitrogen and oxygen atoms in total. The Labute approximate surface area is 194 Å². The minimum atomic E-state index is -3.73. The van der Waals surface area contributed by atoms with Gasteiger partial charge in [-0.1, -0.05) is 15.9 Å². The van der Waals surface area contributed by atoms with Crippen LogP contribution in [-0.4, -0.2) is 26.7 Å². The number of aromatic nitrogens is 3. The number of carbonyl (C=O) groups is 1. The van der Waals surface area contributed by atoms with Crippen molar-refractivity contribution in [2.45, 2.75) is 20.1 Å². The number of primary amides is 1. The number of imidazole rings is 1. The lowest BCUT2D eigenvalue weighted by Gasteiger charge is -2.12. The lowest BCUT2D eigenvalue weighted by atomic mass is 10.0. The first-order valence-electron chi connectivity index (χ1n) is 9.65. The zero-order valence-electron chi connectivity index (χ0n) is 17.2. The molecule has 4 aromatic rings. The van der Waals surface area contributed by atoms with Gasteiger partial charge in [0.05, 0.1) is 5.69 Å². The molecule has 0 atom stereocenters. The van der Waals surface area contributed by atoms with Crippen molar-refractivity contribution in [2.24, 2.45) is 5.73 Å². The van der Waals surface area contributed by atoms with E-state index in [1.165, 1.54) is 12.1 Å². The number of hydrogen-bond donors (Lipinski definition) is 1. The van der Waals surface area contributed by atoms with Crippen LogP contribution in [0.1, 0.15) is 22.2 Å². The van der Waals surface area contributed by atoms with Crippen LogP contribution in [0.4, 0.5) is 8.78 Å². The molecular formula is C22H15BrF2N4O4. The van der Waals surface area contributed by atoms with Gasteiger partial charge in [-0.25, -0.2) is 9.97 Å². The van der Waals surface area contributed by atoms with Gasteiger partial charge in [-0.05, 0) is 43.3 Å². The number of nitrogens with zero attached hydrogens (tertiary/aromatic N) is 3. The smallest absolute Gasteiger partial charge is 0.440 e. The molecule has 0 unspecified atom stereocenters.